The summed E-state index contributed by atoms with van der Waals surface area (Å²) in [5.41, 5.74) is 0.552. The van der Waals surface area contributed by atoms with Crippen LogP contribution < -0.4 is 0 Å². The molecular formula is C18H18Cl2N2O4. The molecule has 2 aromatic heterocycles. The normalized spacial score (nSPS) is 23.1. The number of fused-ring (bicyclic) bond motifs is 1. The van der Waals surface area contributed by atoms with Crippen LogP contribution in [0.4, 0.5) is 0 Å². The summed E-state index contributed by atoms with van der Waals surface area (Å²) in [6, 6.07) is 5.30. The number of aromatic nitrogens is 2. The first-order valence-electron chi connectivity index (χ1n) is 8.34. The number of imidazole rings is 1. The molecule has 0 bridgehead atoms. The molecule has 1 aliphatic rings. The van der Waals surface area contributed by atoms with Gasteiger partial charge in [-0.1, -0.05) is 23.2 Å². The van der Waals surface area contributed by atoms with Gasteiger partial charge >= 0.3 is 0 Å². The Bertz CT molecular complexity index is 896. The molecule has 26 heavy (non-hydrogen) atoms. The highest BCUT2D eigenvalue weighted by molar-refractivity contribution is 6.38. The van der Waals surface area contributed by atoms with Crippen molar-refractivity contribution >= 4 is 34.2 Å². The number of furan rings is 1. The summed E-state index contributed by atoms with van der Waals surface area (Å²) < 4.78 is 25.7. The second-order valence-corrected chi connectivity index (χ2v) is 6.96. The van der Waals surface area contributed by atoms with Gasteiger partial charge in [-0.05, 0) is 25.1 Å². The van der Waals surface area contributed by atoms with Gasteiger partial charge in [-0.15, -0.1) is 0 Å². The molecular weight excluding hydrogens is 379 g/mol. The van der Waals surface area contributed by atoms with Gasteiger partial charge in [-0.25, -0.2) is 4.98 Å². The maximum atomic E-state index is 6.27. The molecule has 0 amide bonds. The minimum Gasteiger partial charge on any atom is -0.454 e. The van der Waals surface area contributed by atoms with E-state index in [0.29, 0.717) is 47.8 Å². The number of hydrogen-bond donors (Lipinski definition) is 0. The van der Waals surface area contributed by atoms with Crippen molar-refractivity contribution in [3.63, 3.8) is 0 Å². The topological polar surface area (TPSA) is 58.7 Å². The molecule has 138 valence electrons. The fourth-order valence-corrected chi connectivity index (χ4v) is 3.62. The highest BCUT2D eigenvalue weighted by Gasteiger charge is 2.46. The zero-order chi connectivity index (χ0) is 18.1. The maximum Gasteiger partial charge on any atom is 0.247 e. The summed E-state index contributed by atoms with van der Waals surface area (Å²) >= 11 is 12.4. The first-order valence-corrected chi connectivity index (χ1v) is 9.09. The van der Waals surface area contributed by atoms with Crippen LogP contribution in [0.5, 0.6) is 0 Å². The predicted octanol–water partition coefficient (Wildman–Crippen LogP) is 4.24. The lowest BCUT2D eigenvalue weighted by molar-refractivity contribution is -0.202. The van der Waals surface area contributed by atoms with Crippen molar-refractivity contribution in [2.45, 2.75) is 25.4 Å². The third kappa shape index (κ3) is 3.35. The smallest absolute Gasteiger partial charge is 0.247 e. The monoisotopic (exact) mass is 396 g/mol. The Morgan fingerprint density at radius 1 is 1.35 bits per heavy atom. The van der Waals surface area contributed by atoms with Crippen LogP contribution in [0.3, 0.4) is 0 Å². The van der Waals surface area contributed by atoms with Gasteiger partial charge in [-0.2, -0.15) is 0 Å². The molecule has 0 saturated carbocycles. The second kappa shape index (κ2) is 7.21. The van der Waals surface area contributed by atoms with E-state index >= 15 is 0 Å². The zero-order valence-electron chi connectivity index (χ0n) is 14.2. The number of rotatable bonds is 6. The maximum absolute atomic E-state index is 6.27. The SMILES string of the molecule is CCOCC1COC(Cn2ccnc2)(c2cc3cc(Cl)cc(Cl)c3o2)O1. The van der Waals surface area contributed by atoms with E-state index in [4.69, 9.17) is 41.8 Å². The molecule has 1 aromatic carbocycles. The Balaban J connectivity index is 1.72. The molecule has 0 aliphatic carbocycles. The van der Waals surface area contributed by atoms with Crippen LogP contribution in [0.25, 0.3) is 11.0 Å². The van der Waals surface area contributed by atoms with Crippen molar-refractivity contribution in [2.24, 2.45) is 0 Å². The first-order chi connectivity index (χ1) is 12.6. The van der Waals surface area contributed by atoms with Crippen molar-refractivity contribution in [1.82, 2.24) is 9.55 Å². The van der Waals surface area contributed by atoms with Crippen LogP contribution in [0.2, 0.25) is 10.0 Å². The van der Waals surface area contributed by atoms with Crippen molar-refractivity contribution in [1.29, 1.82) is 0 Å². The summed E-state index contributed by atoms with van der Waals surface area (Å²) in [6.45, 7) is 3.81. The van der Waals surface area contributed by atoms with Crippen molar-refractivity contribution in [2.75, 3.05) is 19.8 Å². The third-order valence-corrected chi connectivity index (χ3v) is 4.73. The van der Waals surface area contributed by atoms with Crippen LogP contribution in [0.15, 0.2) is 41.3 Å². The van der Waals surface area contributed by atoms with Crippen molar-refractivity contribution in [3.8, 4) is 0 Å². The molecule has 1 fully saturated rings. The third-order valence-electron chi connectivity index (χ3n) is 4.23. The van der Waals surface area contributed by atoms with Gasteiger partial charge in [0, 0.05) is 29.4 Å². The molecule has 0 spiro atoms. The number of benzene rings is 1. The molecule has 8 heteroatoms. The van der Waals surface area contributed by atoms with Gasteiger partial charge in [0.05, 0.1) is 31.1 Å². The minimum atomic E-state index is -1.09. The second-order valence-electron chi connectivity index (χ2n) is 6.11. The van der Waals surface area contributed by atoms with Crippen LogP contribution in [0, 0.1) is 0 Å². The first kappa shape index (κ1) is 17.8. The Labute approximate surface area is 160 Å². The predicted molar refractivity (Wildman–Crippen MR) is 97.5 cm³/mol. The van der Waals surface area contributed by atoms with Crippen molar-refractivity contribution < 1.29 is 18.6 Å². The molecule has 6 nitrogen and oxygen atoms in total. The zero-order valence-corrected chi connectivity index (χ0v) is 15.7. The summed E-state index contributed by atoms with van der Waals surface area (Å²) in [5.74, 6) is -0.554. The lowest BCUT2D eigenvalue weighted by Crippen LogP contribution is -2.33. The summed E-state index contributed by atoms with van der Waals surface area (Å²) in [5, 5.41) is 1.78. The van der Waals surface area contributed by atoms with E-state index in [9.17, 15) is 0 Å². The fourth-order valence-electron chi connectivity index (χ4n) is 3.07. The standard InChI is InChI=1S/C18H18Cl2N2O4/c1-2-23-8-14-9-24-18(26-14,10-22-4-3-21-11-22)16-6-12-5-13(19)7-15(20)17(12)25-16/h3-7,11,14H,2,8-10H2,1H3. The quantitative estimate of drug-likeness (QED) is 0.623. The van der Waals surface area contributed by atoms with E-state index in [2.05, 4.69) is 4.98 Å². The average molecular weight is 397 g/mol. The number of hydrogen-bond acceptors (Lipinski definition) is 5. The lowest BCUT2D eigenvalue weighted by Gasteiger charge is -2.26. The Morgan fingerprint density at radius 3 is 3.00 bits per heavy atom. The van der Waals surface area contributed by atoms with Gasteiger partial charge in [0.25, 0.3) is 0 Å². The summed E-state index contributed by atoms with van der Waals surface area (Å²) in [6.07, 6.45) is 5.06. The molecule has 3 aromatic rings. The largest absolute Gasteiger partial charge is 0.454 e. The van der Waals surface area contributed by atoms with E-state index in [-0.39, 0.29) is 6.10 Å². The summed E-state index contributed by atoms with van der Waals surface area (Å²) in [7, 11) is 0. The van der Waals surface area contributed by atoms with E-state index in [1.54, 1.807) is 24.7 Å². The van der Waals surface area contributed by atoms with Gasteiger partial charge in [0.15, 0.2) is 11.3 Å². The highest BCUT2D eigenvalue weighted by Crippen LogP contribution is 2.41. The Hall–Kier alpha value is -1.57. The summed E-state index contributed by atoms with van der Waals surface area (Å²) in [4.78, 5) is 4.08. The Morgan fingerprint density at radius 2 is 2.23 bits per heavy atom. The average Bonchev–Trinajstić information content (AvgIpc) is 3.33. The number of ether oxygens (including phenoxy) is 3. The molecule has 1 saturated heterocycles. The Kier molecular flexibility index (Phi) is 4.94. The number of nitrogens with zero attached hydrogens (tertiary/aromatic N) is 2. The molecule has 2 unspecified atom stereocenters. The van der Waals surface area contributed by atoms with Crippen molar-refractivity contribution in [3.05, 3.63) is 52.7 Å². The molecule has 4 rings (SSSR count). The van der Waals surface area contributed by atoms with Crippen LogP contribution in [0.1, 0.15) is 12.7 Å². The molecule has 1 aliphatic heterocycles. The molecule has 3 heterocycles. The molecule has 2 atom stereocenters. The van der Waals surface area contributed by atoms with Crippen LogP contribution in [-0.4, -0.2) is 35.5 Å². The number of halogens is 2. The molecule has 0 N–H and O–H groups in total. The lowest BCUT2D eigenvalue weighted by atomic mass is 10.1. The molecule has 0 radical (unpaired) electrons. The fraction of sp³-hybridized carbons (Fsp3) is 0.389. The van der Waals surface area contributed by atoms with Gasteiger partial charge in [0.2, 0.25) is 5.79 Å². The minimum absolute atomic E-state index is 0.189. The van der Waals surface area contributed by atoms with Gasteiger partial charge in [0.1, 0.15) is 6.10 Å². The van der Waals surface area contributed by atoms with Gasteiger partial charge in [-0.3, -0.25) is 0 Å². The van der Waals surface area contributed by atoms with E-state index in [0.717, 1.165) is 5.39 Å². The van der Waals surface area contributed by atoms with E-state index in [1.165, 1.54) is 0 Å². The van der Waals surface area contributed by atoms with E-state index in [1.807, 2.05) is 23.8 Å². The van der Waals surface area contributed by atoms with E-state index < -0.39 is 5.79 Å². The van der Waals surface area contributed by atoms with Gasteiger partial charge < -0.3 is 23.2 Å². The van der Waals surface area contributed by atoms with Crippen LogP contribution in [-0.2, 0) is 26.5 Å². The van der Waals surface area contributed by atoms with Crippen LogP contribution >= 0.6 is 23.2 Å². The highest BCUT2D eigenvalue weighted by atomic mass is 35.5.